The number of rotatable bonds is 5. The van der Waals surface area contributed by atoms with Crippen LogP contribution in [0.3, 0.4) is 0 Å². The third-order valence-corrected chi connectivity index (χ3v) is 3.65. The van der Waals surface area contributed by atoms with Crippen molar-refractivity contribution in [1.29, 1.82) is 0 Å². The molecule has 0 aromatic heterocycles. The minimum absolute atomic E-state index is 0.0793. The molecule has 1 aliphatic rings. The molecule has 1 aliphatic carbocycles. The van der Waals surface area contributed by atoms with E-state index in [1.54, 1.807) is 0 Å². The highest BCUT2D eigenvalue weighted by atomic mass is 16.2. The number of hydrogen-bond donors (Lipinski definition) is 1. The SMILES string of the molecule is CCCN(C(=O)c1ccc(C#CCCO)c(C)c1)C1CC1. The van der Waals surface area contributed by atoms with Crippen molar-refractivity contribution >= 4 is 5.91 Å². The molecule has 0 aliphatic heterocycles. The van der Waals surface area contributed by atoms with Crippen molar-refractivity contribution < 1.29 is 9.90 Å². The van der Waals surface area contributed by atoms with Crippen LogP contribution in [-0.4, -0.2) is 35.1 Å². The molecule has 0 spiro atoms. The first-order chi connectivity index (χ1) is 10.2. The first kappa shape index (κ1) is 15.6. The Bertz CT molecular complexity index is 564. The Balaban J connectivity index is 2.15. The van der Waals surface area contributed by atoms with Crippen LogP contribution < -0.4 is 0 Å². The summed E-state index contributed by atoms with van der Waals surface area (Å²) in [7, 11) is 0. The van der Waals surface area contributed by atoms with Crippen molar-refractivity contribution in [2.24, 2.45) is 0 Å². The number of aryl methyl sites for hydroxylation is 1. The fourth-order valence-electron chi connectivity index (χ4n) is 2.39. The van der Waals surface area contributed by atoms with E-state index in [-0.39, 0.29) is 12.5 Å². The third kappa shape index (κ3) is 4.09. The van der Waals surface area contributed by atoms with Crippen LogP contribution in [-0.2, 0) is 0 Å². The van der Waals surface area contributed by atoms with Gasteiger partial charge in [-0.1, -0.05) is 18.8 Å². The van der Waals surface area contributed by atoms with Gasteiger partial charge >= 0.3 is 0 Å². The Labute approximate surface area is 127 Å². The average molecular weight is 285 g/mol. The Morgan fingerprint density at radius 2 is 2.19 bits per heavy atom. The summed E-state index contributed by atoms with van der Waals surface area (Å²) in [6, 6.07) is 6.14. The maximum absolute atomic E-state index is 12.6. The molecule has 1 fully saturated rings. The summed E-state index contributed by atoms with van der Waals surface area (Å²) in [5, 5.41) is 8.75. The number of aliphatic hydroxyl groups is 1. The van der Waals surface area contributed by atoms with Gasteiger partial charge < -0.3 is 10.0 Å². The van der Waals surface area contributed by atoms with Crippen molar-refractivity contribution in [3.8, 4) is 11.8 Å². The molecule has 3 heteroatoms. The minimum atomic E-state index is 0.0793. The van der Waals surface area contributed by atoms with E-state index >= 15 is 0 Å². The normalized spacial score (nSPS) is 13.5. The van der Waals surface area contributed by atoms with Gasteiger partial charge in [0.1, 0.15) is 0 Å². The van der Waals surface area contributed by atoms with E-state index in [0.29, 0.717) is 12.5 Å². The second-order valence-electron chi connectivity index (χ2n) is 5.53. The van der Waals surface area contributed by atoms with Crippen LogP contribution in [0.5, 0.6) is 0 Å². The third-order valence-electron chi connectivity index (χ3n) is 3.65. The minimum Gasteiger partial charge on any atom is -0.395 e. The molecule has 112 valence electrons. The zero-order valence-electron chi connectivity index (χ0n) is 12.9. The number of benzene rings is 1. The first-order valence-electron chi connectivity index (χ1n) is 7.68. The van der Waals surface area contributed by atoms with Crippen LogP contribution in [0.1, 0.15) is 54.1 Å². The molecule has 0 atom stereocenters. The maximum atomic E-state index is 12.6. The molecular weight excluding hydrogens is 262 g/mol. The lowest BCUT2D eigenvalue weighted by Crippen LogP contribution is -2.33. The largest absolute Gasteiger partial charge is 0.395 e. The molecule has 0 bridgehead atoms. The smallest absolute Gasteiger partial charge is 0.254 e. The predicted octanol–water partition coefficient (Wildman–Crippen LogP) is 2.74. The fraction of sp³-hybridized carbons (Fsp3) is 0.500. The molecular formula is C18H23NO2. The Hall–Kier alpha value is -1.79. The van der Waals surface area contributed by atoms with Crippen LogP contribution in [0.4, 0.5) is 0 Å². The molecule has 1 saturated carbocycles. The summed E-state index contributed by atoms with van der Waals surface area (Å²) in [5.74, 6) is 6.09. The molecule has 0 radical (unpaired) electrons. The summed E-state index contributed by atoms with van der Waals surface area (Å²) < 4.78 is 0. The highest BCUT2D eigenvalue weighted by Gasteiger charge is 2.32. The van der Waals surface area contributed by atoms with E-state index in [4.69, 9.17) is 5.11 Å². The molecule has 1 aromatic carbocycles. The summed E-state index contributed by atoms with van der Waals surface area (Å²) in [4.78, 5) is 14.6. The molecule has 2 rings (SSSR count). The number of carbonyl (C=O) groups is 1. The number of hydrogen-bond acceptors (Lipinski definition) is 2. The number of amides is 1. The van der Waals surface area contributed by atoms with Gasteiger partial charge in [-0.15, -0.1) is 0 Å². The Kier molecular flexibility index (Phi) is 5.41. The number of nitrogens with zero attached hydrogens (tertiary/aromatic N) is 1. The zero-order valence-corrected chi connectivity index (χ0v) is 12.9. The van der Waals surface area contributed by atoms with Crippen LogP contribution in [0.15, 0.2) is 18.2 Å². The highest BCUT2D eigenvalue weighted by molar-refractivity contribution is 5.95. The number of carbonyl (C=O) groups excluding carboxylic acids is 1. The van der Waals surface area contributed by atoms with Gasteiger partial charge in [-0.2, -0.15) is 0 Å². The lowest BCUT2D eigenvalue weighted by molar-refractivity contribution is 0.0743. The zero-order chi connectivity index (χ0) is 15.2. The molecule has 1 amide bonds. The van der Waals surface area contributed by atoms with Gasteiger partial charge in [-0.05, 0) is 49.9 Å². The number of aliphatic hydroxyl groups excluding tert-OH is 1. The Morgan fingerprint density at radius 1 is 1.43 bits per heavy atom. The second-order valence-corrected chi connectivity index (χ2v) is 5.53. The summed E-state index contributed by atoms with van der Waals surface area (Å²) in [6.45, 7) is 4.99. The van der Waals surface area contributed by atoms with Gasteiger partial charge in [0.25, 0.3) is 5.91 Å². The van der Waals surface area contributed by atoms with Gasteiger partial charge in [0, 0.05) is 30.1 Å². The molecule has 21 heavy (non-hydrogen) atoms. The summed E-state index contributed by atoms with van der Waals surface area (Å²) >= 11 is 0. The maximum Gasteiger partial charge on any atom is 0.254 e. The van der Waals surface area contributed by atoms with Crippen molar-refractivity contribution in [3.63, 3.8) is 0 Å². The fourth-order valence-corrected chi connectivity index (χ4v) is 2.39. The van der Waals surface area contributed by atoms with Crippen LogP contribution >= 0.6 is 0 Å². The lowest BCUT2D eigenvalue weighted by Gasteiger charge is -2.22. The van der Waals surface area contributed by atoms with Gasteiger partial charge in [0.15, 0.2) is 0 Å². The van der Waals surface area contributed by atoms with Crippen molar-refractivity contribution in [2.75, 3.05) is 13.2 Å². The second kappa shape index (κ2) is 7.28. The summed E-state index contributed by atoms with van der Waals surface area (Å²) in [6.07, 6.45) is 3.74. The highest BCUT2D eigenvalue weighted by Crippen LogP contribution is 2.28. The topological polar surface area (TPSA) is 40.5 Å². The van der Waals surface area contributed by atoms with E-state index < -0.39 is 0 Å². The molecule has 3 nitrogen and oxygen atoms in total. The quantitative estimate of drug-likeness (QED) is 0.845. The Morgan fingerprint density at radius 3 is 2.76 bits per heavy atom. The van der Waals surface area contributed by atoms with Crippen molar-refractivity contribution in [2.45, 2.75) is 45.6 Å². The van der Waals surface area contributed by atoms with E-state index in [9.17, 15) is 4.79 Å². The summed E-state index contributed by atoms with van der Waals surface area (Å²) in [5.41, 5.74) is 2.69. The molecule has 0 heterocycles. The van der Waals surface area contributed by atoms with Gasteiger partial charge in [0.2, 0.25) is 0 Å². The van der Waals surface area contributed by atoms with Crippen LogP contribution in [0, 0.1) is 18.8 Å². The molecule has 1 aromatic rings. The van der Waals surface area contributed by atoms with E-state index in [2.05, 4.69) is 18.8 Å². The average Bonchev–Trinajstić information content (AvgIpc) is 3.30. The molecule has 1 N–H and O–H groups in total. The van der Waals surface area contributed by atoms with E-state index in [0.717, 1.165) is 42.5 Å². The van der Waals surface area contributed by atoms with Crippen LogP contribution in [0.2, 0.25) is 0 Å². The van der Waals surface area contributed by atoms with Crippen LogP contribution in [0.25, 0.3) is 0 Å². The first-order valence-corrected chi connectivity index (χ1v) is 7.68. The van der Waals surface area contributed by atoms with Crippen molar-refractivity contribution in [1.82, 2.24) is 4.90 Å². The molecule has 0 saturated heterocycles. The standard InChI is InChI=1S/C18H23NO2/c1-3-11-19(17-9-10-17)18(21)16-8-7-15(14(2)13-16)6-4-5-12-20/h7-8,13,17,20H,3,5,9-12H2,1-2H3. The predicted molar refractivity (Wildman–Crippen MR) is 84.1 cm³/mol. The van der Waals surface area contributed by atoms with Gasteiger partial charge in [-0.25, -0.2) is 0 Å². The van der Waals surface area contributed by atoms with Crippen molar-refractivity contribution in [3.05, 3.63) is 34.9 Å². The molecule has 0 unspecified atom stereocenters. The monoisotopic (exact) mass is 285 g/mol. The lowest BCUT2D eigenvalue weighted by atomic mass is 10.0. The van der Waals surface area contributed by atoms with Gasteiger partial charge in [-0.3, -0.25) is 4.79 Å². The van der Waals surface area contributed by atoms with Gasteiger partial charge in [0.05, 0.1) is 6.61 Å². The van der Waals surface area contributed by atoms with E-state index in [1.165, 1.54) is 0 Å². The van der Waals surface area contributed by atoms with E-state index in [1.807, 2.05) is 30.0 Å².